The summed E-state index contributed by atoms with van der Waals surface area (Å²) in [5.74, 6) is -0.605. The summed E-state index contributed by atoms with van der Waals surface area (Å²) >= 11 is 0. The number of aryl methyl sites for hydroxylation is 1. The molecule has 0 bridgehead atoms. The van der Waals surface area contributed by atoms with E-state index in [1.165, 1.54) is 7.05 Å². The van der Waals surface area contributed by atoms with Crippen molar-refractivity contribution in [3.05, 3.63) is 64.7 Å². The average Bonchev–Trinajstić information content (AvgIpc) is 2.56. The Kier molecular flexibility index (Phi) is 5.95. The Morgan fingerprint density at radius 2 is 1.88 bits per heavy atom. The Morgan fingerprint density at radius 3 is 2.52 bits per heavy atom. The van der Waals surface area contributed by atoms with E-state index in [9.17, 15) is 17.6 Å². The van der Waals surface area contributed by atoms with Gasteiger partial charge in [-0.1, -0.05) is 12.1 Å². The van der Waals surface area contributed by atoms with Crippen LogP contribution >= 0.6 is 0 Å². The molecule has 1 aromatic heterocycles. The lowest BCUT2D eigenvalue weighted by molar-refractivity contribution is -0.138. The standard InChI is InChI=1S/C17H18F4N4/c1-11-4-3-7-23-15(11)10-25-16(22-2)24-9-12-5-6-13(18)8-14(12)17(19,20)21/h3-8H,9-10H2,1-2H3,(H2,22,24,25). The van der Waals surface area contributed by atoms with E-state index in [0.29, 0.717) is 18.6 Å². The maximum atomic E-state index is 13.1. The maximum absolute atomic E-state index is 13.1. The molecule has 25 heavy (non-hydrogen) atoms. The Morgan fingerprint density at radius 1 is 1.16 bits per heavy atom. The highest BCUT2D eigenvalue weighted by molar-refractivity contribution is 5.79. The Bertz CT molecular complexity index is 757. The third-order valence-electron chi connectivity index (χ3n) is 3.59. The van der Waals surface area contributed by atoms with Gasteiger partial charge in [0.15, 0.2) is 5.96 Å². The van der Waals surface area contributed by atoms with Crippen LogP contribution in [0.3, 0.4) is 0 Å². The van der Waals surface area contributed by atoms with E-state index in [-0.39, 0.29) is 12.1 Å². The van der Waals surface area contributed by atoms with E-state index in [4.69, 9.17) is 0 Å². The first kappa shape index (κ1) is 18.7. The monoisotopic (exact) mass is 354 g/mol. The van der Waals surface area contributed by atoms with Crippen molar-refractivity contribution in [1.29, 1.82) is 0 Å². The summed E-state index contributed by atoms with van der Waals surface area (Å²) in [6.45, 7) is 2.15. The molecule has 0 saturated carbocycles. The number of aliphatic imine (C=N–C) groups is 1. The number of nitrogens with one attached hydrogen (secondary N) is 2. The van der Waals surface area contributed by atoms with Crippen molar-refractivity contribution in [1.82, 2.24) is 15.6 Å². The number of benzene rings is 1. The van der Waals surface area contributed by atoms with Gasteiger partial charge in [-0.3, -0.25) is 9.98 Å². The van der Waals surface area contributed by atoms with Crippen molar-refractivity contribution in [2.24, 2.45) is 4.99 Å². The molecule has 1 heterocycles. The number of nitrogens with zero attached hydrogens (tertiary/aromatic N) is 2. The molecule has 0 aliphatic heterocycles. The molecule has 2 rings (SSSR count). The third kappa shape index (κ3) is 5.17. The van der Waals surface area contributed by atoms with Gasteiger partial charge in [-0.15, -0.1) is 0 Å². The minimum absolute atomic E-state index is 0.0640. The number of halogens is 4. The molecule has 0 radical (unpaired) electrons. The third-order valence-corrected chi connectivity index (χ3v) is 3.59. The van der Waals surface area contributed by atoms with Crippen LogP contribution in [0.5, 0.6) is 0 Å². The molecule has 0 spiro atoms. The van der Waals surface area contributed by atoms with Crippen molar-refractivity contribution >= 4 is 5.96 Å². The molecule has 2 N–H and O–H groups in total. The van der Waals surface area contributed by atoms with Crippen molar-refractivity contribution in [3.63, 3.8) is 0 Å². The summed E-state index contributed by atoms with van der Waals surface area (Å²) < 4.78 is 52.1. The fourth-order valence-electron chi connectivity index (χ4n) is 2.24. The van der Waals surface area contributed by atoms with Gasteiger partial charge in [0.2, 0.25) is 0 Å². The second kappa shape index (κ2) is 7.96. The molecule has 0 unspecified atom stereocenters. The molecular weight excluding hydrogens is 336 g/mol. The van der Waals surface area contributed by atoms with Crippen molar-refractivity contribution in [2.75, 3.05) is 7.05 Å². The molecule has 0 atom stereocenters. The van der Waals surface area contributed by atoms with Crippen LogP contribution in [-0.2, 0) is 19.3 Å². The minimum atomic E-state index is -4.62. The van der Waals surface area contributed by atoms with Crippen LogP contribution in [0.2, 0.25) is 0 Å². The largest absolute Gasteiger partial charge is 0.416 e. The molecular formula is C17H18F4N4. The van der Waals surface area contributed by atoms with Crippen LogP contribution in [0.4, 0.5) is 17.6 Å². The van der Waals surface area contributed by atoms with E-state index in [1.54, 1.807) is 6.20 Å². The zero-order valence-corrected chi connectivity index (χ0v) is 13.8. The number of aromatic nitrogens is 1. The van der Waals surface area contributed by atoms with E-state index < -0.39 is 17.6 Å². The van der Waals surface area contributed by atoms with Crippen LogP contribution in [0, 0.1) is 12.7 Å². The van der Waals surface area contributed by atoms with Crippen LogP contribution in [-0.4, -0.2) is 18.0 Å². The molecule has 0 aliphatic rings. The van der Waals surface area contributed by atoms with Gasteiger partial charge in [-0.05, 0) is 36.2 Å². The lowest BCUT2D eigenvalue weighted by Crippen LogP contribution is -2.37. The highest BCUT2D eigenvalue weighted by atomic mass is 19.4. The summed E-state index contributed by atoms with van der Waals surface area (Å²) in [6.07, 6.45) is -2.96. The SMILES string of the molecule is CN=C(NCc1ccc(F)cc1C(F)(F)F)NCc1ncccc1C. The molecule has 2 aromatic rings. The van der Waals surface area contributed by atoms with Crippen molar-refractivity contribution in [3.8, 4) is 0 Å². The predicted molar refractivity (Wildman–Crippen MR) is 87.4 cm³/mol. The summed E-state index contributed by atoms with van der Waals surface area (Å²) in [7, 11) is 1.51. The van der Waals surface area contributed by atoms with Gasteiger partial charge in [0.05, 0.1) is 17.8 Å². The highest BCUT2D eigenvalue weighted by Gasteiger charge is 2.33. The topological polar surface area (TPSA) is 49.3 Å². The Balaban J connectivity index is 2.03. The molecule has 0 amide bonds. The maximum Gasteiger partial charge on any atom is 0.416 e. The highest BCUT2D eigenvalue weighted by Crippen LogP contribution is 2.32. The van der Waals surface area contributed by atoms with Gasteiger partial charge < -0.3 is 10.6 Å². The quantitative estimate of drug-likeness (QED) is 0.503. The van der Waals surface area contributed by atoms with Crippen molar-refractivity contribution < 1.29 is 17.6 Å². The van der Waals surface area contributed by atoms with E-state index in [0.717, 1.165) is 23.4 Å². The fraction of sp³-hybridized carbons (Fsp3) is 0.294. The van der Waals surface area contributed by atoms with E-state index >= 15 is 0 Å². The van der Waals surface area contributed by atoms with Crippen LogP contribution < -0.4 is 10.6 Å². The van der Waals surface area contributed by atoms with Gasteiger partial charge in [0, 0.05) is 19.8 Å². The minimum Gasteiger partial charge on any atom is -0.352 e. The predicted octanol–water partition coefficient (Wildman–Crippen LogP) is 3.41. The zero-order valence-electron chi connectivity index (χ0n) is 13.8. The van der Waals surface area contributed by atoms with Crippen LogP contribution in [0.25, 0.3) is 0 Å². The first-order chi connectivity index (χ1) is 11.8. The van der Waals surface area contributed by atoms with Gasteiger partial charge in [-0.2, -0.15) is 13.2 Å². The lowest BCUT2D eigenvalue weighted by atomic mass is 10.1. The molecule has 134 valence electrons. The summed E-state index contributed by atoms with van der Waals surface area (Å²) in [5.41, 5.74) is 0.730. The molecule has 0 aliphatic carbocycles. The van der Waals surface area contributed by atoms with E-state index in [1.807, 2.05) is 19.1 Å². The van der Waals surface area contributed by atoms with Crippen LogP contribution in [0.15, 0.2) is 41.5 Å². The van der Waals surface area contributed by atoms with E-state index in [2.05, 4.69) is 20.6 Å². The number of rotatable bonds is 4. The number of pyridine rings is 1. The average molecular weight is 354 g/mol. The van der Waals surface area contributed by atoms with Gasteiger partial charge in [0.25, 0.3) is 0 Å². The van der Waals surface area contributed by atoms with Gasteiger partial charge in [0.1, 0.15) is 5.82 Å². The zero-order chi connectivity index (χ0) is 18.4. The summed E-state index contributed by atoms with van der Waals surface area (Å²) in [6, 6.07) is 6.33. The first-order valence-electron chi connectivity index (χ1n) is 7.52. The molecule has 4 nitrogen and oxygen atoms in total. The number of guanidine groups is 1. The normalized spacial score (nSPS) is 12.2. The molecule has 8 heteroatoms. The van der Waals surface area contributed by atoms with Crippen molar-refractivity contribution in [2.45, 2.75) is 26.2 Å². The number of alkyl halides is 3. The molecule has 1 aromatic carbocycles. The van der Waals surface area contributed by atoms with Gasteiger partial charge >= 0.3 is 6.18 Å². The van der Waals surface area contributed by atoms with Gasteiger partial charge in [-0.25, -0.2) is 4.39 Å². The lowest BCUT2D eigenvalue weighted by Gasteiger charge is -2.16. The first-order valence-corrected chi connectivity index (χ1v) is 7.52. The number of hydrogen-bond donors (Lipinski definition) is 2. The molecule has 0 fully saturated rings. The smallest absolute Gasteiger partial charge is 0.352 e. The fourth-order valence-corrected chi connectivity index (χ4v) is 2.24. The summed E-state index contributed by atoms with van der Waals surface area (Å²) in [4.78, 5) is 8.19. The van der Waals surface area contributed by atoms with Crippen LogP contribution in [0.1, 0.15) is 22.4 Å². The number of hydrogen-bond acceptors (Lipinski definition) is 2. The second-order valence-electron chi connectivity index (χ2n) is 5.35. The Labute approximate surface area is 143 Å². The summed E-state index contributed by atoms with van der Waals surface area (Å²) in [5, 5.41) is 5.78. The Hall–Kier alpha value is -2.64. The molecule has 0 saturated heterocycles. The second-order valence-corrected chi connectivity index (χ2v) is 5.35.